The summed E-state index contributed by atoms with van der Waals surface area (Å²) in [4.78, 5) is 7.69. The van der Waals surface area contributed by atoms with Crippen LogP contribution < -0.4 is 0 Å². The Hall–Kier alpha value is -0.0600. The molecule has 42 valence electrons. The largest absolute Gasteiger partial charge is 0.700 e. The van der Waals surface area contributed by atoms with Crippen LogP contribution in [0.15, 0.2) is 0 Å². The van der Waals surface area contributed by atoms with E-state index in [0.29, 0.717) is 0 Å². The van der Waals surface area contributed by atoms with Crippen molar-refractivity contribution >= 4 is 8.25 Å². The van der Waals surface area contributed by atoms with Gasteiger partial charge >= 0.3 is 14.7 Å². The maximum absolute atomic E-state index is 9.42. The van der Waals surface area contributed by atoms with Crippen LogP contribution in [0.3, 0.4) is 0 Å². The zero-order valence-electron chi connectivity index (χ0n) is 3.18. The molecule has 1 atom stereocenters. The van der Waals surface area contributed by atoms with E-state index in [1.165, 1.54) is 0 Å². The molecule has 0 aromatic carbocycles. The van der Waals surface area contributed by atoms with Gasteiger partial charge in [-0.3, -0.25) is 0 Å². The normalized spacial score (nSPS) is 12.3. The fourth-order valence-electron chi connectivity index (χ4n) is 0.0807. The Labute approximate surface area is 40.1 Å². The van der Waals surface area contributed by atoms with Gasteiger partial charge in [0.2, 0.25) is 0 Å². The summed E-state index contributed by atoms with van der Waals surface area (Å²) in [6.07, 6.45) is 0. The van der Waals surface area contributed by atoms with Crippen LogP contribution in [0, 0.1) is 0 Å². The van der Waals surface area contributed by atoms with Crippen molar-refractivity contribution < 1.29 is 24.2 Å². The summed E-state index contributed by atoms with van der Waals surface area (Å²) in [6, 6.07) is 0. The molecule has 0 aromatic rings. The summed E-state index contributed by atoms with van der Waals surface area (Å²) in [7, 11) is -2.89. The predicted molar refractivity (Wildman–Crippen MR) is 19.1 cm³/mol. The van der Waals surface area contributed by atoms with Gasteiger partial charge in [0.25, 0.3) is 0 Å². The van der Waals surface area contributed by atoms with Crippen molar-refractivity contribution in [2.75, 3.05) is 0 Å². The van der Waals surface area contributed by atoms with E-state index in [2.05, 4.69) is 4.52 Å². The third kappa shape index (κ3) is 5.94. The van der Waals surface area contributed by atoms with Gasteiger partial charge in [0.05, 0.1) is 0 Å². The molecule has 0 rings (SSSR count). The molecule has 7 heavy (non-hydrogen) atoms. The van der Waals surface area contributed by atoms with E-state index < -0.39 is 14.7 Å². The lowest BCUT2D eigenvalue weighted by Gasteiger charge is -1.84. The van der Waals surface area contributed by atoms with E-state index in [4.69, 9.17) is 15.1 Å². The van der Waals surface area contributed by atoms with Crippen LogP contribution in [0.1, 0.15) is 0 Å². The number of rotatable bonds is 2. The molecule has 0 saturated heterocycles. The van der Waals surface area contributed by atoms with Crippen molar-refractivity contribution in [1.82, 2.24) is 0 Å². The first kappa shape index (κ1) is 6.94. The van der Waals surface area contributed by atoms with Gasteiger partial charge in [-0.1, -0.05) is 4.52 Å². The third-order valence-electron chi connectivity index (χ3n) is 0.184. The number of aliphatic hydroxyl groups is 2. The fraction of sp³-hybridized carbons (Fsp3) is 1.00. The second kappa shape index (κ2) is 3.01. The van der Waals surface area contributed by atoms with Gasteiger partial charge in [-0.25, -0.2) is 0 Å². The van der Waals surface area contributed by atoms with Crippen LogP contribution in [-0.2, 0) is 9.09 Å². The van der Waals surface area contributed by atoms with Crippen LogP contribution in [0.4, 0.5) is 0 Å². The first-order chi connectivity index (χ1) is 3.13. The van der Waals surface area contributed by atoms with E-state index in [-0.39, 0.29) is 0 Å². The quantitative estimate of drug-likeness (QED) is 0.324. The highest BCUT2D eigenvalue weighted by Crippen LogP contribution is 2.14. The minimum atomic E-state index is -2.89. The molecule has 0 amide bonds. The Morgan fingerprint density at radius 2 is 2.00 bits per heavy atom. The summed E-state index contributed by atoms with van der Waals surface area (Å²) in [6.45, 7) is -2.16. The Kier molecular flexibility index (Phi) is 2.98. The zero-order valence-corrected chi connectivity index (χ0v) is 4.08. The van der Waals surface area contributed by atoms with Gasteiger partial charge in [-0.15, -0.1) is 4.89 Å². The van der Waals surface area contributed by atoms with E-state index in [1.807, 2.05) is 0 Å². The summed E-state index contributed by atoms with van der Waals surface area (Å²) >= 11 is 0. The molecule has 0 fully saturated rings. The zero-order chi connectivity index (χ0) is 5.86. The third-order valence-corrected chi connectivity index (χ3v) is 0.553. The van der Waals surface area contributed by atoms with Crippen molar-refractivity contribution in [1.29, 1.82) is 0 Å². The molecule has 0 aliphatic heterocycles. The van der Waals surface area contributed by atoms with E-state index in [9.17, 15) is 4.57 Å². The molecule has 5 nitrogen and oxygen atoms in total. The Morgan fingerprint density at radius 1 is 1.57 bits per heavy atom. The van der Waals surface area contributed by atoms with Crippen molar-refractivity contribution in [3.05, 3.63) is 0 Å². The minimum Gasteiger partial charge on any atom is -0.343 e. The highest BCUT2D eigenvalue weighted by Gasteiger charge is 2.16. The molecule has 0 bridgehead atoms. The lowest BCUT2D eigenvalue weighted by atomic mass is 11.4. The van der Waals surface area contributed by atoms with Gasteiger partial charge in [-0.05, 0) is 0 Å². The topological polar surface area (TPSA) is 87.0 Å². The number of aliphatic hydroxyl groups excluding tert-OH is 1. The molecule has 0 radical (unpaired) electrons. The molecule has 0 saturated carbocycles. The summed E-state index contributed by atoms with van der Waals surface area (Å²) < 4.78 is 12.8. The first-order valence-electron chi connectivity index (χ1n) is 1.32. The molecule has 0 aliphatic rings. The second-order valence-corrected chi connectivity index (χ2v) is 1.36. The average Bonchev–Trinajstić information content (AvgIpc) is 1.27. The van der Waals surface area contributed by atoms with Gasteiger partial charge in [0.1, 0.15) is 0 Å². The van der Waals surface area contributed by atoms with E-state index >= 15 is 0 Å². The summed E-state index contributed by atoms with van der Waals surface area (Å²) in [5.41, 5.74) is 0. The number of hydrogen-bond donors (Lipinski definition) is 3. The van der Waals surface area contributed by atoms with Crippen molar-refractivity contribution in [3.63, 3.8) is 0 Å². The van der Waals surface area contributed by atoms with Crippen LogP contribution in [0.2, 0.25) is 0 Å². The van der Waals surface area contributed by atoms with Gasteiger partial charge in [0, 0.05) is 4.57 Å². The monoisotopic (exact) mass is 127 g/mol. The maximum atomic E-state index is 9.42. The second-order valence-electron chi connectivity index (χ2n) is 0.670. The Morgan fingerprint density at radius 3 is 2.00 bits per heavy atom. The van der Waals surface area contributed by atoms with E-state index in [1.54, 1.807) is 0 Å². The van der Waals surface area contributed by atoms with Gasteiger partial charge in [0.15, 0.2) is 0 Å². The molecule has 6 heteroatoms. The SMILES string of the molecule is O=[P+](O)OC(O)O. The first-order valence-corrected chi connectivity index (χ1v) is 2.45. The molecule has 0 aliphatic carbocycles. The average molecular weight is 127 g/mol. The molecule has 3 N–H and O–H groups in total. The molecular weight excluding hydrogens is 123 g/mol. The van der Waals surface area contributed by atoms with Crippen molar-refractivity contribution in [2.24, 2.45) is 0 Å². The predicted octanol–water partition coefficient (Wildman–Crippen LogP) is -1.08. The lowest BCUT2D eigenvalue weighted by molar-refractivity contribution is -0.179. The highest BCUT2D eigenvalue weighted by atomic mass is 31.1. The molecular formula is CH4O5P+. The molecule has 0 heterocycles. The summed E-state index contributed by atoms with van der Waals surface area (Å²) in [5, 5.41) is 15.4. The Balaban J connectivity index is 3.13. The van der Waals surface area contributed by atoms with Crippen LogP contribution in [0.25, 0.3) is 0 Å². The summed E-state index contributed by atoms with van der Waals surface area (Å²) in [5.74, 6) is 0. The van der Waals surface area contributed by atoms with Crippen molar-refractivity contribution in [3.8, 4) is 0 Å². The minimum absolute atomic E-state index is 2.16. The van der Waals surface area contributed by atoms with Crippen LogP contribution >= 0.6 is 8.25 Å². The van der Waals surface area contributed by atoms with Crippen LogP contribution in [0.5, 0.6) is 0 Å². The molecule has 0 spiro atoms. The Bertz CT molecular complexity index is 68.5. The van der Waals surface area contributed by atoms with E-state index in [0.717, 1.165) is 0 Å². The van der Waals surface area contributed by atoms with Crippen LogP contribution in [-0.4, -0.2) is 21.6 Å². The highest BCUT2D eigenvalue weighted by molar-refractivity contribution is 7.32. The molecule has 1 unspecified atom stereocenters. The lowest BCUT2D eigenvalue weighted by Crippen LogP contribution is -2.03. The molecule has 0 aromatic heterocycles. The number of hydrogen-bond acceptors (Lipinski definition) is 4. The van der Waals surface area contributed by atoms with Gasteiger partial charge in [-0.2, -0.15) is 0 Å². The fourth-order valence-corrected chi connectivity index (χ4v) is 0.242. The van der Waals surface area contributed by atoms with Crippen molar-refractivity contribution in [2.45, 2.75) is 6.48 Å². The maximum Gasteiger partial charge on any atom is 0.700 e. The standard InChI is InChI=1S/CH3O5P/c2-1(3)6-7(4)5/h1-3H/p+1. The van der Waals surface area contributed by atoms with Gasteiger partial charge < -0.3 is 10.2 Å². The smallest absolute Gasteiger partial charge is 0.343 e.